The average Bonchev–Trinajstić information content (AvgIpc) is 3.74. The minimum absolute atomic E-state index is 1.18. The Labute approximate surface area is 276 Å². The van der Waals surface area contributed by atoms with E-state index in [1.54, 1.807) is 5.19 Å². The molecule has 4 heteroatoms. The van der Waals surface area contributed by atoms with Crippen LogP contribution in [0, 0.1) is 0 Å². The molecule has 0 unspecified atom stereocenters. The van der Waals surface area contributed by atoms with Gasteiger partial charge < -0.3 is 4.90 Å². The first-order valence-electron chi connectivity index (χ1n) is 15.9. The molecule has 0 N–H and O–H groups in total. The predicted octanol–water partition coefficient (Wildman–Crippen LogP) is 11.8. The smallest absolute Gasteiger partial charge is 0.113 e. The van der Waals surface area contributed by atoms with Gasteiger partial charge in [-0.3, -0.25) is 0 Å². The van der Waals surface area contributed by atoms with Crippen molar-refractivity contribution in [2.75, 3.05) is 4.90 Å². The van der Waals surface area contributed by atoms with Gasteiger partial charge in [0.05, 0.1) is 5.69 Å². The maximum atomic E-state index is 2.50. The van der Waals surface area contributed by atoms with Crippen molar-refractivity contribution in [1.29, 1.82) is 0 Å². The molecule has 0 saturated heterocycles. The Morgan fingerprint density at radius 1 is 0.478 bits per heavy atom. The van der Waals surface area contributed by atoms with Gasteiger partial charge in [-0.05, 0) is 80.8 Å². The monoisotopic (exact) mass is 639 g/mol. The number of thiophene rings is 2. The highest BCUT2D eigenvalue weighted by Crippen LogP contribution is 2.50. The number of benzene rings is 7. The van der Waals surface area contributed by atoms with Gasteiger partial charge in [0.1, 0.15) is 8.07 Å². The lowest BCUT2D eigenvalue weighted by Gasteiger charge is -2.28. The molecule has 0 aliphatic carbocycles. The second kappa shape index (κ2) is 9.63. The lowest BCUT2D eigenvalue weighted by molar-refractivity contribution is 1.30. The third kappa shape index (κ3) is 3.60. The van der Waals surface area contributed by atoms with E-state index in [2.05, 4.69) is 158 Å². The van der Waals surface area contributed by atoms with Crippen LogP contribution < -0.4 is 15.3 Å². The fourth-order valence-electron chi connectivity index (χ4n) is 7.91. The number of rotatable bonds is 3. The Morgan fingerprint density at radius 3 is 2.13 bits per heavy atom. The van der Waals surface area contributed by atoms with E-state index in [9.17, 15) is 0 Å². The summed E-state index contributed by atoms with van der Waals surface area (Å²) in [5.74, 6) is 0. The van der Waals surface area contributed by atoms with Crippen LogP contribution in [-0.4, -0.2) is 8.07 Å². The molecule has 3 heterocycles. The van der Waals surface area contributed by atoms with E-state index in [-0.39, 0.29) is 0 Å². The van der Waals surface area contributed by atoms with Crippen molar-refractivity contribution in [3.8, 4) is 11.1 Å². The fraction of sp³-hybridized carbons (Fsp3) is 0.0476. The largest absolute Gasteiger partial charge is 0.310 e. The highest BCUT2D eigenvalue weighted by molar-refractivity contribution is 7.30. The van der Waals surface area contributed by atoms with Crippen LogP contribution in [0.3, 0.4) is 0 Å². The minimum atomic E-state index is -1.85. The molecule has 0 spiro atoms. The standard InChI is InChI=1S/C42H29NS2Si/c1-46(2)37-18-9-8-15-30(37)31-21-20-28(25-38(31)46)43(27-12-4-3-5-13-27)33-16-10-17-34-40(33)41-36(44-34)24-22-32-39-29-14-7-6-11-26(29)19-23-35(39)45-42(32)41/h3-25H,1-2H3. The highest BCUT2D eigenvalue weighted by Gasteiger charge is 2.37. The summed E-state index contributed by atoms with van der Waals surface area (Å²) < 4.78 is 5.40. The molecule has 0 radical (unpaired) electrons. The molecule has 7 aromatic carbocycles. The van der Waals surface area contributed by atoms with Crippen LogP contribution in [0.15, 0.2) is 140 Å². The topological polar surface area (TPSA) is 3.24 Å². The summed E-state index contributed by atoms with van der Waals surface area (Å²) in [7, 11) is -1.85. The van der Waals surface area contributed by atoms with Gasteiger partial charge in [0.15, 0.2) is 0 Å². The molecule has 0 amide bonds. The molecule has 0 atom stereocenters. The van der Waals surface area contributed by atoms with Crippen molar-refractivity contribution < 1.29 is 0 Å². The molecule has 2 aromatic heterocycles. The number of hydrogen-bond acceptors (Lipinski definition) is 3. The second-order valence-electron chi connectivity index (χ2n) is 12.9. The molecule has 218 valence electrons. The van der Waals surface area contributed by atoms with Gasteiger partial charge in [0, 0.05) is 51.7 Å². The van der Waals surface area contributed by atoms with E-state index in [0.717, 1.165) is 0 Å². The van der Waals surface area contributed by atoms with E-state index >= 15 is 0 Å². The van der Waals surface area contributed by atoms with Gasteiger partial charge in [-0.2, -0.15) is 0 Å². The summed E-state index contributed by atoms with van der Waals surface area (Å²) in [4.78, 5) is 2.50. The van der Waals surface area contributed by atoms with Crippen molar-refractivity contribution in [2.45, 2.75) is 13.1 Å². The van der Waals surface area contributed by atoms with Crippen LogP contribution in [0.1, 0.15) is 0 Å². The maximum Gasteiger partial charge on any atom is 0.113 e. The van der Waals surface area contributed by atoms with E-state index in [1.807, 2.05) is 22.7 Å². The van der Waals surface area contributed by atoms with Crippen molar-refractivity contribution in [1.82, 2.24) is 0 Å². The third-order valence-electron chi connectivity index (χ3n) is 10.0. The molecule has 0 saturated carbocycles. The predicted molar refractivity (Wildman–Crippen MR) is 207 cm³/mol. The highest BCUT2D eigenvalue weighted by atomic mass is 32.1. The van der Waals surface area contributed by atoms with Crippen LogP contribution in [0.25, 0.3) is 62.2 Å². The Morgan fingerprint density at radius 2 is 1.22 bits per heavy atom. The van der Waals surface area contributed by atoms with Crippen LogP contribution >= 0.6 is 22.7 Å². The van der Waals surface area contributed by atoms with Crippen molar-refractivity contribution in [3.63, 3.8) is 0 Å². The molecule has 9 aromatic rings. The molecular formula is C42H29NS2Si. The fourth-order valence-corrected chi connectivity index (χ4v) is 13.5. The second-order valence-corrected chi connectivity index (χ2v) is 19.4. The minimum Gasteiger partial charge on any atom is -0.310 e. The number of fused-ring (bicyclic) bond motifs is 12. The van der Waals surface area contributed by atoms with E-state index in [1.165, 1.54) is 84.5 Å². The molecule has 1 aliphatic heterocycles. The van der Waals surface area contributed by atoms with Gasteiger partial charge in [0.25, 0.3) is 0 Å². The zero-order valence-electron chi connectivity index (χ0n) is 25.5. The van der Waals surface area contributed by atoms with Crippen molar-refractivity contribution in [3.05, 3.63) is 140 Å². The van der Waals surface area contributed by atoms with Crippen molar-refractivity contribution >= 4 is 109 Å². The number of para-hydroxylation sites is 1. The molecule has 10 rings (SSSR count). The number of nitrogens with zero attached hydrogens (tertiary/aromatic N) is 1. The summed E-state index contributed by atoms with van der Waals surface area (Å²) in [5, 5.41) is 11.1. The van der Waals surface area contributed by atoms with Gasteiger partial charge in [-0.25, -0.2) is 0 Å². The Kier molecular flexibility index (Phi) is 5.54. The average molecular weight is 640 g/mol. The van der Waals surface area contributed by atoms with Crippen LogP contribution in [0.4, 0.5) is 17.1 Å². The van der Waals surface area contributed by atoms with Crippen LogP contribution in [-0.2, 0) is 0 Å². The first kappa shape index (κ1) is 26.5. The van der Waals surface area contributed by atoms with Crippen molar-refractivity contribution in [2.24, 2.45) is 0 Å². The van der Waals surface area contributed by atoms with Crippen LogP contribution in [0.5, 0.6) is 0 Å². The lowest BCUT2D eigenvalue weighted by atomic mass is 10.0. The number of hydrogen-bond donors (Lipinski definition) is 0. The molecular weight excluding hydrogens is 611 g/mol. The van der Waals surface area contributed by atoms with E-state index in [4.69, 9.17) is 0 Å². The lowest BCUT2D eigenvalue weighted by Crippen LogP contribution is -2.49. The SMILES string of the molecule is C[Si]1(C)c2ccccc2-c2ccc(N(c3ccccc3)c3cccc4sc5ccc6c(sc7ccc8ccccc8c76)c5c34)cc21. The van der Waals surface area contributed by atoms with Gasteiger partial charge >= 0.3 is 0 Å². The molecule has 0 bridgehead atoms. The van der Waals surface area contributed by atoms with Gasteiger partial charge in [0.2, 0.25) is 0 Å². The maximum absolute atomic E-state index is 2.50. The number of anilines is 3. The van der Waals surface area contributed by atoms with Crippen LogP contribution in [0.2, 0.25) is 13.1 Å². The summed E-state index contributed by atoms with van der Waals surface area (Å²) >= 11 is 3.85. The molecule has 1 nitrogen and oxygen atoms in total. The zero-order chi connectivity index (χ0) is 30.6. The Balaban J connectivity index is 1.28. The zero-order valence-corrected chi connectivity index (χ0v) is 28.2. The molecule has 46 heavy (non-hydrogen) atoms. The van der Waals surface area contributed by atoms with Gasteiger partial charge in [-0.15, -0.1) is 22.7 Å². The Bertz CT molecular complexity index is 2680. The summed E-state index contributed by atoms with van der Waals surface area (Å²) in [5.41, 5.74) is 6.46. The quantitative estimate of drug-likeness (QED) is 0.174. The molecule has 0 fully saturated rings. The van der Waals surface area contributed by atoms with Gasteiger partial charge in [-0.1, -0.05) is 104 Å². The Hall–Kier alpha value is -4.74. The first-order valence-corrected chi connectivity index (χ1v) is 20.5. The summed E-state index contributed by atoms with van der Waals surface area (Å²) in [6.45, 7) is 5.01. The third-order valence-corrected chi connectivity index (χ3v) is 15.9. The van der Waals surface area contributed by atoms with E-state index < -0.39 is 8.07 Å². The normalized spacial score (nSPS) is 13.6. The first-order chi connectivity index (χ1) is 22.6. The molecule has 1 aliphatic rings. The summed E-state index contributed by atoms with van der Waals surface area (Å²) in [6, 6.07) is 52.2. The van der Waals surface area contributed by atoms with E-state index in [0.29, 0.717) is 0 Å². The summed E-state index contributed by atoms with van der Waals surface area (Å²) in [6.07, 6.45) is 0.